The first kappa shape index (κ1) is 19.5. The zero-order valence-corrected chi connectivity index (χ0v) is 18.6. The van der Waals surface area contributed by atoms with Crippen LogP contribution < -0.4 is 15.8 Å². The van der Waals surface area contributed by atoms with E-state index in [0.717, 1.165) is 21.9 Å². The van der Waals surface area contributed by atoms with Gasteiger partial charge in [-0.05, 0) is 25.1 Å². The highest BCUT2D eigenvalue weighted by Gasteiger charge is 2.58. The Morgan fingerprint density at radius 1 is 0.971 bits per heavy atom. The van der Waals surface area contributed by atoms with Gasteiger partial charge in [-0.1, -0.05) is 54.1 Å². The summed E-state index contributed by atoms with van der Waals surface area (Å²) >= 11 is 0. The number of aryl methyl sites for hydroxylation is 1. The molecule has 1 amide bonds. The van der Waals surface area contributed by atoms with Gasteiger partial charge in [-0.25, -0.2) is 9.97 Å². The van der Waals surface area contributed by atoms with E-state index in [1.807, 2.05) is 73.7 Å². The van der Waals surface area contributed by atoms with Crippen molar-refractivity contribution in [1.29, 1.82) is 5.26 Å². The van der Waals surface area contributed by atoms with Gasteiger partial charge in [0.15, 0.2) is 0 Å². The van der Waals surface area contributed by atoms with Crippen molar-refractivity contribution in [2.75, 3.05) is 5.32 Å². The molecule has 0 saturated heterocycles. The molecule has 3 N–H and O–H groups in total. The van der Waals surface area contributed by atoms with E-state index in [1.54, 1.807) is 0 Å². The molecule has 0 radical (unpaired) electrons. The molecular formula is C28H17N5O2. The lowest BCUT2D eigenvalue weighted by molar-refractivity contribution is -0.118. The molecule has 1 atom stereocenters. The number of hydrogen-bond acceptors (Lipinski definition) is 6. The fourth-order valence-corrected chi connectivity index (χ4v) is 5.47. The zero-order valence-electron chi connectivity index (χ0n) is 18.6. The van der Waals surface area contributed by atoms with E-state index in [4.69, 9.17) is 20.4 Å². The third kappa shape index (κ3) is 2.30. The molecule has 2 aliphatic heterocycles. The van der Waals surface area contributed by atoms with E-state index in [1.165, 1.54) is 0 Å². The third-order valence-corrected chi connectivity index (χ3v) is 6.95. The van der Waals surface area contributed by atoms with E-state index in [9.17, 15) is 10.1 Å². The fourth-order valence-electron chi connectivity index (χ4n) is 5.47. The first-order chi connectivity index (χ1) is 17.0. The average molecular weight is 455 g/mol. The van der Waals surface area contributed by atoms with Crippen LogP contribution >= 0.6 is 0 Å². The molecule has 5 aromatic rings. The van der Waals surface area contributed by atoms with Gasteiger partial charge in [0.2, 0.25) is 11.8 Å². The number of carbonyl (C=O) groups excluding carboxylic acids is 1. The monoisotopic (exact) mass is 455 g/mol. The summed E-state index contributed by atoms with van der Waals surface area (Å²) in [5, 5.41) is 14.8. The Kier molecular flexibility index (Phi) is 3.65. The van der Waals surface area contributed by atoms with Crippen molar-refractivity contribution in [1.82, 2.24) is 9.97 Å². The van der Waals surface area contributed by atoms with Crippen molar-refractivity contribution in [3.8, 4) is 11.8 Å². The molecule has 0 saturated carbocycles. The second-order valence-electron chi connectivity index (χ2n) is 8.87. The number of anilines is 1. The Labute approximate surface area is 199 Å². The number of nitrogens with zero attached hydrogens (tertiary/aromatic N) is 3. The summed E-state index contributed by atoms with van der Waals surface area (Å²) in [6, 6.07) is 23.1. The Morgan fingerprint density at radius 3 is 2.40 bits per heavy atom. The van der Waals surface area contributed by atoms with Gasteiger partial charge in [-0.3, -0.25) is 4.79 Å². The molecule has 1 spiro atoms. The molecule has 1 unspecified atom stereocenters. The first-order valence-corrected chi connectivity index (χ1v) is 11.2. The predicted octanol–water partition coefficient (Wildman–Crippen LogP) is 4.57. The van der Waals surface area contributed by atoms with Crippen molar-refractivity contribution >= 4 is 44.4 Å². The highest BCUT2D eigenvalue weighted by molar-refractivity contribution is 6.19. The molecule has 7 heteroatoms. The number of fused-ring (bicyclic) bond motifs is 10. The van der Waals surface area contributed by atoms with Crippen LogP contribution in [0.5, 0.6) is 5.75 Å². The van der Waals surface area contributed by atoms with Crippen LogP contribution in [0, 0.1) is 18.3 Å². The van der Waals surface area contributed by atoms with E-state index < -0.39 is 5.41 Å². The number of nitrogens with one attached hydrogen (secondary N) is 1. The maximum Gasteiger partial charge on any atom is 0.245 e. The van der Waals surface area contributed by atoms with Crippen molar-refractivity contribution in [2.24, 2.45) is 5.73 Å². The number of amides is 1. The summed E-state index contributed by atoms with van der Waals surface area (Å²) in [5.74, 6) is -0.0462. The molecule has 166 valence electrons. The van der Waals surface area contributed by atoms with Gasteiger partial charge in [0.1, 0.15) is 22.8 Å². The number of rotatable bonds is 0. The summed E-state index contributed by atoms with van der Waals surface area (Å²) in [7, 11) is 0. The Bertz CT molecular complexity index is 1870. The lowest BCUT2D eigenvalue weighted by Gasteiger charge is -2.35. The van der Waals surface area contributed by atoms with Crippen LogP contribution in [0.15, 0.2) is 78.2 Å². The quantitative estimate of drug-likeness (QED) is 0.261. The number of nitriles is 1. The minimum absolute atomic E-state index is 0.0402. The summed E-state index contributed by atoms with van der Waals surface area (Å²) in [5.41, 5.74) is 10.1. The predicted molar refractivity (Wildman–Crippen MR) is 133 cm³/mol. The summed E-state index contributed by atoms with van der Waals surface area (Å²) in [6.45, 7) is 1.95. The zero-order chi connectivity index (χ0) is 23.9. The van der Waals surface area contributed by atoms with Gasteiger partial charge in [-0.2, -0.15) is 5.26 Å². The van der Waals surface area contributed by atoms with Crippen LogP contribution in [0.1, 0.15) is 16.7 Å². The number of benzene rings is 4. The van der Waals surface area contributed by atoms with E-state index in [2.05, 4.69) is 11.4 Å². The standard InChI is InChI=1S/C28H17N5O2/c1-14-10-11-19-17(12-14)28(27(34)33-19)18(13-29)26(30)35-25-16-7-3-2-6-15(16)23-24(22(25)28)32-21-9-5-4-8-20(21)31-23/h2-12H,30H2,1H3,(H,33,34). The normalized spacial score (nSPS) is 18.5. The number of para-hydroxylation sites is 2. The molecule has 7 rings (SSSR count). The van der Waals surface area contributed by atoms with E-state index in [0.29, 0.717) is 39.1 Å². The van der Waals surface area contributed by atoms with Gasteiger partial charge < -0.3 is 15.8 Å². The number of carbonyl (C=O) groups is 1. The van der Waals surface area contributed by atoms with Crippen molar-refractivity contribution in [2.45, 2.75) is 12.3 Å². The maximum atomic E-state index is 14.0. The molecule has 0 fully saturated rings. The molecular weight excluding hydrogens is 438 g/mol. The maximum absolute atomic E-state index is 14.0. The second kappa shape index (κ2) is 6.55. The molecule has 2 aliphatic rings. The topological polar surface area (TPSA) is 114 Å². The van der Waals surface area contributed by atoms with E-state index >= 15 is 0 Å². The molecule has 35 heavy (non-hydrogen) atoms. The Morgan fingerprint density at radius 2 is 1.66 bits per heavy atom. The van der Waals surface area contributed by atoms with Crippen LogP contribution in [0.3, 0.4) is 0 Å². The van der Waals surface area contributed by atoms with Crippen LogP contribution in [-0.2, 0) is 10.2 Å². The number of ether oxygens (including phenoxy) is 1. The van der Waals surface area contributed by atoms with E-state index in [-0.39, 0.29) is 17.4 Å². The summed E-state index contributed by atoms with van der Waals surface area (Å²) in [6.07, 6.45) is 0. The average Bonchev–Trinajstić information content (AvgIpc) is 3.14. The molecule has 0 aliphatic carbocycles. The van der Waals surface area contributed by atoms with Crippen LogP contribution in [-0.4, -0.2) is 15.9 Å². The van der Waals surface area contributed by atoms with Crippen molar-refractivity contribution < 1.29 is 9.53 Å². The van der Waals surface area contributed by atoms with Crippen LogP contribution in [0.4, 0.5) is 5.69 Å². The van der Waals surface area contributed by atoms with Crippen LogP contribution in [0.25, 0.3) is 32.8 Å². The molecule has 3 heterocycles. The van der Waals surface area contributed by atoms with Gasteiger partial charge in [0, 0.05) is 27.6 Å². The summed E-state index contributed by atoms with van der Waals surface area (Å²) in [4.78, 5) is 23.9. The third-order valence-electron chi connectivity index (χ3n) is 6.95. The fraction of sp³-hybridized carbons (Fsp3) is 0.0714. The Hall–Kier alpha value is -4.96. The van der Waals surface area contributed by atoms with Gasteiger partial charge in [-0.15, -0.1) is 0 Å². The van der Waals surface area contributed by atoms with Crippen molar-refractivity contribution in [3.05, 3.63) is 94.9 Å². The highest BCUT2D eigenvalue weighted by atomic mass is 16.5. The molecule has 0 bridgehead atoms. The van der Waals surface area contributed by atoms with Crippen molar-refractivity contribution in [3.63, 3.8) is 0 Å². The SMILES string of the molecule is Cc1ccc2c(c1)C1(C(=O)N2)C(C#N)=C(N)Oc2c1c1nc3ccccc3nc1c1ccccc21. The lowest BCUT2D eigenvalue weighted by Crippen LogP contribution is -2.42. The smallest absolute Gasteiger partial charge is 0.245 e. The second-order valence-corrected chi connectivity index (χ2v) is 8.87. The number of nitrogens with two attached hydrogens (primary N) is 1. The largest absolute Gasteiger partial charge is 0.439 e. The highest BCUT2D eigenvalue weighted by Crippen LogP contribution is 2.57. The minimum atomic E-state index is -1.52. The number of hydrogen-bond donors (Lipinski definition) is 2. The summed E-state index contributed by atoms with van der Waals surface area (Å²) < 4.78 is 6.14. The lowest BCUT2D eigenvalue weighted by atomic mass is 9.67. The van der Waals surface area contributed by atoms with Gasteiger partial charge in [0.05, 0.1) is 22.1 Å². The number of aromatic nitrogens is 2. The molecule has 7 nitrogen and oxygen atoms in total. The molecule has 1 aromatic heterocycles. The first-order valence-electron chi connectivity index (χ1n) is 11.2. The Balaban J connectivity index is 1.78. The van der Waals surface area contributed by atoms with Gasteiger partial charge >= 0.3 is 0 Å². The van der Waals surface area contributed by atoms with Crippen LogP contribution in [0.2, 0.25) is 0 Å². The van der Waals surface area contributed by atoms with Gasteiger partial charge in [0.25, 0.3) is 0 Å². The molecule has 4 aromatic carbocycles. The minimum Gasteiger partial charge on any atom is -0.439 e.